The summed E-state index contributed by atoms with van der Waals surface area (Å²) in [5, 5.41) is 8.69. The highest BCUT2D eigenvalue weighted by molar-refractivity contribution is 5.67. The molecule has 1 saturated heterocycles. The average molecular weight is 331 g/mol. The van der Waals surface area contributed by atoms with E-state index in [4.69, 9.17) is 19.0 Å². The van der Waals surface area contributed by atoms with E-state index in [0.29, 0.717) is 24.0 Å². The highest BCUT2D eigenvalue weighted by Gasteiger charge is 2.20. The second kappa shape index (κ2) is 7.97. The van der Waals surface area contributed by atoms with Crippen molar-refractivity contribution in [1.82, 2.24) is 4.98 Å². The van der Waals surface area contributed by atoms with Gasteiger partial charge in [-0.25, -0.2) is 4.98 Å². The molecule has 1 fully saturated rings. The molecule has 0 amide bonds. The lowest BCUT2D eigenvalue weighted by molar-refractivity contribution is -0.136. The van der Waals surface area contributed by atoms with Crippen LogP contribution in [0.1, 0.15) is 42.4 Å². The van der Waals surface area contributed by atoms with Crippen molar-refractivity contribution in [3.63, 3.8) is 0 Å². The van der Waals surface area contributed by atoms with Crippen LogP contribution in [0.5, 0.6) is 5.75 Å². The van der Waals surface area contributed by atoms with E-state index in [1.807, 2.05) is 24.3 Å². The maximum Gasteiger partial charge on any atom is 0.303 e. The first-order valence-corrected chi connectivity index (χ1v) is 8.16. The molecule has 6 heteroatoms. The molecule has 2 aromatic rings. The normalized spacial score (nSPS) is 15.3. The van der Waals surface area contributed by atoms with Crippen LogP contribution in [0.4, 0.5) is 0 Å². The Morgan fingerprint density at radius 1 is 1.25 bits per heavy atom. The van der Waals surface area contributed by atoms with Gasteiger partial charge in [-0.05, 0) is 37.0 Å². The maximum absolute atomic E-state index is 10.6. The summed E-state index contributed by atoms with van der Waals surface area (Å²) in [6, 6.07) is 7.42. The van der Waals surface area contributed by atoms with E-state index in [1.54, 1.807) is 6.20 Å². The number of aliphatic carboxylic acids is 1. The predicted molar refractivity (Wildman–Crippen MR) is 86.0 cm³/mol. The number of ether oxygens (including phenoxy) is 2. The third-order valence-electron chi connectivity index (χ3n) is 4.11. The number of aromatic nitrogens is 1. The van der Waals surface area contributed by atoms with E-state index in [-0.39, 0.29) is 13.0 Å². The molecule has 0 radical (unpaired) electrons. The molecule has 0 aliphatic carbocycles. The van der Waals surface area contributed by atoms with Crippen LogP contribution < -0.4 is 4.74 Å². The fraction of sp³-hybridized carbons (Fsp3) is 0.444. The van der Waals surface area contributed by atoms with Crippen LogP contribution in [0.25, 0.3) is 0 Å². The van der Waals surface area contributed by atoms with E-state index < -0.39 is 5.97 Å². The van der Waals surface area contributed by atoms with Crippen molar-refractivity contribution in [3.05, 3.63) is 47.7 Å². The van der Waals surface area contributed by atoms with Gasteiger partial charge in [-0.1, -0.05) is 12.1 Å². The molecule has 0 spiro atoms. The summed E-state index contributed by atoms with van der Waals surface area (Å²) < 4.78 is 16.8. The second-order valence-corrected chi connectivity index (χ2v) is 5.87. The van der Waals surface area contributed by atoms with E-state index >= 15 is 0 Å². The summed E-state index contributed by atoms with van der Waals surface area (Å²) >= 11 is 0. The monoisotopic (exact) mass is 331 g/mol. The van der Waals surface area contributed by atoms with Gasteiger partial charge in [0, 0.05) is 25.6 Å². The average Bonchev–Trinajstić information content (AvgIpc) is 3.09. The van der Waals surface area contributed by atoms with Crippen molar-refractivity contribution < 1.29 is 23.8 Å². The summed E-state index contributed by atoms with van der Waals surface area (Å²) in [7, 11) is 0. The molecule has 1 aromatic heterocycles. The van der Waals surface area contributed by atoms with Gasteiger partial charge in [0.2, 0.25) is 5.89 Å². The van der Waals surface area contributed by atoms with Crippen molar-refractivity contribution in [1.29, 1.82) is 0 Å². The lowest BCUT2D eigenvalue weighted by Gasteiger charge is -2.19. The van der Waals surface area contributed by atoms with E-state index in [9.17, 15) is 4.79 Å². The van der Waals surface area contributed by atoms with Crippen molar-refractivity contribution in [2.75, 3.05) is 13.2 Å². The maximum atomic E-state index is 10.6. The number of hydrogen-bond acceptors (Lipinski definition) is 5. The zero-order chi connectivity index (χ0) is 16.8. The highest BCUT2D eigenvalue weighted by atomic mass is 16.5. The first-order chi connectivity index (χ1) is 11.7. The van der Waals surface area contributed by atoms with Crippen LogP contribution in [-0.2, 0) is 22.6 Å². The van der Waals surface area contributed by atoms with Crippen molar-refractivity contribution in [2.45, 2.75) is 38.2 Å². The molecule has 0 bridgehead atoms. The van der Waals surface area contributed by atoms with Crippen LogP contribution >= 0.6 is 0 Å². The van der Waals surface area contributed by atoms with Gasteiger partial charge in [0.25, 0.3) is 0 Å². The second-order valence-electron chi connectivity index (χ2n) is 5.87. The summed E-state index contributed by atoms with van der Waals surface area (Å²) in [5.74, 6) is 1.76. The Labute approximate surface area is 140 Å². The Bertz CT molecular complexity index is 658. The lowest BCUT2D eigenvalue weighted by Crippen LogP contribution is -2.13. The number of hydrogen-bond donors (Lipinski definition) is 1. The Hall–Kier alpha value is -2.34. The first kappa shape index (κ1) is 16.5. The minimum absolute atomic E-state index is 0.130. The van der Waals surface area contributed by atoms with Crippen LogP contribution in [0, 0.1) is 0 Å². The smallest absolute Gasteiger partial charge is 0.303 e. The van der Waals surface area contributed by atoms with Gasteiger partial charge >= 0.3 is 5.97 Å². The Morgan fingerprint density at radius 3 is 2.71 bits per heavy atom. The predicted octanol–water partition coefficient (Wildman–Crippen LogP) is 3.16. The number of nitrogens with zero attached hydrogens (tertiary/aromatic N) is 1. The topological polar surface area (TPSA) is 81.8 Å². The molecule has 3 rings (SSSR count). The molecule has 128 valence electrons. The molecule has 2 heterocycles. The van der Waals surface area contributed by atoms with Gasteiger partial charge in [-0.2, -0.15) is 0 Å². The third kappa shape index (κ3) is 4.58. The zero-order valence-electron chi connectivity index (χ0n) is 13.4. The van der Waals surface area contributed by atoms with E-state index in [0.717, 1.165) is 37.4 Å². The lowest BCUT2D eigenvalue weighted by atomic mass is 9.98. The number of carboxylic acids is 1. The molecule has 1 N–H and O–H groups in total. The van der Waals surface area contributed by atoms with Crippen molar-refractivity contribution in [3.8, 4) is 5.75 Å². The van der Waals surface area contributed by atoms with Gasteiger partial charge in [0.05, 0.1) is 6.20 Å². The minimum Gasteiger partial charge on any atom is -0.484 e. The van der Waals surface area contributed by atoms with Crippen LogP contribution in [0.2, 0.25) is 0 Å². The number of carboxylic acid groups (broad SMARTS) is 1. The summed E-state index contributed by atoms with van der Waals surface area (Å²) in [5.41, 5.74) is 0.975. The summed E-state index contributed by atoms with van der Waals surface area (Å²) in [6.45, 7) is 1.81. The zero-order valence-corrected chi connectivity index (χ0v) is 13.4. The van der Waals surface area contributed by atoms with Crippen LogP contribution in [0.3, 0.4) is 0 Å². The van der Waals surface area contributed by atoms with Crippen LogP contribution in [-0.4, -0.2) is 29.3 Å². The van der Waals surface area contributed by atoms with E-state index in [1.165, 1.54) is 0 Å². The standard InChI is InChI=1S/C18H21NO5/c20-18(21)6-3-13-1-4-15(5-2-13)23-12-17-19-11-16(24-17)14-7-9-22-10-8-14/h1-2,4-5,11,14H,3,6-10,12H2,(H,20,21). The fourth-order valence-electron chi connectivity index (χ4n) is 2.71. The molecule has 0 unspecified atom stereocenters. The number of aryl methyl sites for hydroxylation is 1. The highest BCUT2D eigenvalue weighted by Crippen LogP contribution is 2.27. The largest absolute Gasteiger partial charge is 0.484 e. The number of carbonyl (C=O) groups is 1. The number of rotatable bonds is 7. The summed E-state index contributed by atoms with van der Waals surface area (Å²) in [6.07, 6.45) is 4.36. The molecule has 6 nitrogen and oxygen atoms in total. The molecule has 0 atom stereocenters. The summed E-state index contributed by atoms with van der Waals surface area (Å²) in [4.78, 5) is 14.8. The Kier molecular flexibility index (Phi) is 5.48. The molecule has 1 aliphatic rings. The Balaban J connectivity index is 1.50. The fourth-order valence-corrected chi connectivity index (χ4v) is 2.71. The van der Waals surface area contributed by atoms with Gasteiger partial charge in [-0.3, -0.25) is 4.79 Å². The van der Waals surface area contributed by atoms with Crippen molar-refractivity contribution >= 4 is 5.97 Å². The van der Waals surface area contributed by atoms with Gasteiger partial charge in [0.1, 0.15) is 11.5 Å². The van der Waals surface area contributed by atoms with Gasteiger partial charge in [-0.15, -0.1) is 0 Å². The molecule has 0 saturated carbocycles. The van der Waals surface area contributed by atoms with Gasteiger partial charge < -0.3 is 19.0 Å². The Morgan fingerprint density at radius 2 is 2.00 bits per heavy atom. The van der Waals surface area contributed by atoms with Crippen molar-refractivity contribution in [2.24, 2.45) is 0 Å². The van der Waals surface area contributed by atoms with Crippen LogP contribution in [0.15, 0.2) is 34.9 Å². The molecular formula is C18H21NO5. The minimum atomic E-state index is -0.792. The SMILES string of the molecule is O=C(O)CCc1ccc(OCc2ncc(C3CCOCC3)o2)cc1. The van der Waals surface area contributed by atoms with Gasteiger partial charge in [0.15, 0.2) is 6.61 Å². The third-order valence-corrected chi connectivity index (χ3v) is 4.11. The quantitative estimate of drug-likeness (QED) is 0.839. The molecular weight excluding hydrogens is 310 g/mol. The molecule has 24 heavy (non-hydrogen) atoms. The first-order valence-electron chi connectivity index (χ1n) is 8.16. The number of benzene rings is 1. The molecule has 1 aromatic carbocycles. The van der Waals surface area contributed by atoms with E-state index in [2.05, 4.69) is 4.98 Å². The number of oxazole rings is 1. The molecule has 1 aliphatic heterocycles.